The predicted octanol–water partition coefficient (Wildman–Crippen LogP) is 3.86. The molecule has 166 valence electrons. The normalized spacial score (nSPS) is 18.2. The average molecular weight is 441 g/mol. The monoisotopic (exact) mass is 440 g/mol. The second-order valence-corrected chi connectivity index (χ2v) is 9.65. The Bertz CT molecular complexity index is 898. The summed E-state index contributed by atoms with van der Waals surface area (Å²) >= 11 is 1.55. The minimum atomic E-state index is -0.0350. The molecule has 0 atom stereocenters. The Morgan fingerprint density at radius 1 is 1.10 bits per heavy atom. The molecule has 2 fully saturated rings. The number of amides is 2. The zero-order chi connectivity index (χ0) is 21.6. The summed E-state index contributed by atoms with van der Waals surface area (Å²) in [5.41, 5.74) is 2.92. The Labute approximate surface area is 188 Å². The van der Waals surface area contributed by atoms with E-state index in [0.29, 0.717) is 12.3 Å². The Balaban J connectivity index is 1.23. The number of carbonyl (C=O) groups is 2. The molecule has 7 heteroatoms. The summed E-state index contributed by atoms with van der Waals surface area (Å²) in [5.74, 6) is 0.521. The fourth-order valence-corrected chi connectivity index (χ4v) is 5.27. The molecule has 0 unspecified atom stereocenters. The number of hydrogen-bond donors (Lipinski definition) is 1. The number of benzene rings is 1. The molecule has 1 aromatic carbocycles. The number of rotatable bonds is 6. The quantitative estimate of drug-likeness (QED) is 0.741. The molecule has 2 amide bonds. The van der Waals surface area contributed by atoms with Crippen molar-refractivity contribution in [1.82, 2.24) is 14.8 Å². The van der Waals surface area contributed by atoms with E-state index < -0.39 is 0 Å². The molecule has 0 spiro atoms. The van der Waals surface area contributed by atoms with Gasteiger partial charge in [-0.05, 0) is 63.7 Å². The molecule has 0 aliphatic carbocycles. The summed E-state index contributed by atoms with van der Waals surface area (Å²) in [6, 6.07) is 7.79. The molecule has 6 nitrogen and oxygen atoms in total. The zero-order valence-electron chi connectivity index (χ0n) is 18.3. The smallest absolute Gasteiger partial charge is 0.231 e. The van der Waals surface area contributed by atoms with E-state index in [1.165, 1.54) is 6.42 Å². The summed E-state index contributed by atoms with van der Waals surface area (Å²) in [7, 11) is 0. The minimum absolute atomic E-state index is 0.0350. The molecule has 2 aliphatic heterocycles. The molecule has 2 aromatic rings. The summed E-state index contributed by atoms with van der Waals surface area (Å²) in [4.78, 5) is 34.2. The van der Waals surface area contributed by atoms with Crippen LogP contribution in [0.4, 0.5) is 5.69 Å². The van der Waals surface area contributed by atoms with Crippen molar-refractivity contribution in [3.05, 3.63) is 45.9 Å². The van der Waals surface area contributed by atoms with Gasteiger partial charge in [-0.15, -0.1) is 11.3 Å². The van der Waals surface area contributed by atoms with Gasteiger partial charge in [0.25, 0.3) is 0 Å². The van der Waals surface area contributed by atoms with Crippen molar-refractivity contribution in [1.29, 1.82) is 0 Å². The van der Waals surface area contributed by atoms with Crippen molar-refractivity contribution in [3.8, 4) is 0 Å². The van der Waals surface area contributed by atoms with Crippen LogP contribution in [0, 0.1) is 12.8 Å². The van der Waals surface area contributed by atoms with Gasteiger partial charge < -0.3 is 10.2 Å². The van der Waals surface area contributed by atoms with Crippen LogP contribution in [0.15, 0.2) is 29.6 Å². The molecule has 1 N–H and O–H groups in total. The number of thiazole rings is 1. The van der Waals surface area contributed by atoms with Gasteiger partial charge in [0.1, 0.15) is 5.01 Å². The SMILES string of the molecule is Cc1ccccc1NC(=O)Cc1nc(CN2CCC(C(=O)N3CCCCC3)CC2)cs1. The van der Waals surface area contributed by atoms with E-state index in [4.69, 9.17) is 0 Å². The van der Waals surface area contributed by atoms with Crippen molar-refractivity contribution in [2.24, 2.45) is 5.92 Å². The Hall–Kier alpha value is -2.25. The van der Waals surface area contributed by atoms with Gasteiger partial charge in [0.15, 0.2) is 0 Å². The Morgan fingerprint density at radius 3 is 2.58 bits per heavy atom. The zero-order valence-corrected chi connectivity index (χ0v) is 19.1. The number of hydrogen-bond acceptors (Lipinski definition) is 5. The standard InChI is InChI=1S/C24H32N4O2S/c1-18-7-3-4-8-21(18)26-22(29)15-23-25-20(17-31-23)16-27-13-9-19(10-14-27)24(30)28-11-5-2-6-12-28/h3-4,7-8,17,19H,2,5-6,9-16H2,1H3,(H,26,29). The molecule has 0 radical (unpaired) electrons. The van der Waals surface area contributed by atoms with Crippen LogP contribution in [0.1, 0.15) is 48.4 Å². The molecule has 4 rings (SSSR count). The largest absolute Gasteiger partial charge is 0.342 e. The average Bonchev–Trinajstić information content (AvgIpc) is 3.22. The highest BCUT2D eigenvalue weighted by Crippen LogP contribution is 2.23. The third-order valence-electron chi connectivity index (χ3n) is 6.32. The summed E-state index contributed by atoms with van der Waals surface area (Å²) in [6.45, 7) is 6.53. The van der Waals surface area contributed by atoms with Gasteiger partial charge in [-0.25, -0.2) is 4.98 Å². The van der Waals surface area contributed by atoms with Crippen LogP contribution in [0.2, 0.25) is 0 Å². The molecule has 0 saturated carbocycles. The summed E-state index contributed by atoms with van der Waals surface area (Å²) < 4.78 is 0. The van der Waals surface area contributed by atoms with E-state index in [1.807, 2.05) is 31.2 Å². The van der Waals surface area contributed by atoms with Crippen molar-refractivity contribution in [3.63, 3.8) is 0 Å². The minimum Gasteiger partial charge on any atom is -0.342 e. The first kappa shape index (κ1) is 22.0. The lowest BCUT2D eigenvalue weighted by atomic mass is 9.94. The summed E-state index contributed by atoms with van der Waals surface area (Å²) in [6.07, 6.45) is 5.73. The number of anilines is 1. The topological polar surface area (TPSA) is 65.5 Å². The van der Waals surface area contributed by atoms with Gasteiger partial charge in [0.05, 0.1) is 12.1 Å². The van der Waals surface area contributed by atoms with Crippen LogP contribution >= 0.6 is 11.3 Å². The van der Waals surface area contributed by atoms with Gasteiger partial charge in [-0.1, -0.05) is 18.2 Å². The Kier molecular flexibility index (Phi) is 7.35. The van der Waals surface area contributed by atoms with E-state index in [2.05, 4.69) is 25.5 Å². The third kappa shape index (κ3) is 5.92. The van der Waals surface area contributed by atoms with Gasteiger partial charge in [-0.2, -0.15) is 0 Å². The van der Waals surface area contributed by atoms with Crippen LogP contribution in [-0.4, -0.2) is 52.8 Å². The van der Waals surface area contributed by atoms with Gasteiger partial charge in [0.2, 0.25) is 11.8 Å². The number of nitrogens with one attached hydrogen (secondary N) is 1. The maximum Gasteiger partial charge on any atom is 0.231 e. The summed E-state index contributed by atoms with van der Waals surface area (Å²) in [5, 5.41) is 5.87. The highest BCUT2D eigenvalue weighted by molar-refractivity contribution is 7.09. The molecule has 31 heavy (non-hydrogen) atoms. The van der Waals surface area contributed by atoms with E-state index in [-0.39, 0.29) is 11.8 Å². The van der Waals surface area contributed by atoms with Crippen LogP contribution in [0.25, 0.3) is 0 Å². The van der Waals surface area contributed by atoms with Gasteiger partial charge >= 0.3 is 0 Å². The number of aromatic nitrogens is 1. The fraction of sp³-hybridized carbons (Fsp3) is 0.542. The van der Waals surface area contributed by atoms with E-state index in [9.17, 15) is 9.59 Å². The van der Waals surface area contributed by atoms with Gasteiger partial charge in [-0.3, -0.25) is 14.5 Å². The van der Waals surface area contributed by atoms with Crippen LogP contribution in [0.3, 0.4) is 0 Å². The molecular formula is C24H32N4O2S. The van der Waals surface area contributed by atoms with Crippen molar-refractivity contribution in [2.45, 2.75) is 52.0 Å². The molecule has 2 aliphatic rings. The fourth-order valence-electron chi connectivity index (χ4n) is 4.49. The maximum absolute atomic E-state index is 12.7. The molecule has 0 bridgehead atoms. The lowest BCUT2D eigenvalue weighted by Crippen LogP contribution is -2.44. The number of likely N-dealkylation sites (tertiary alicyclic amines) is 2. The number of nitrogens with zero attached hydrogens (tertiary/aromatic N) is 3. The number of carbonyl (C=O) groups excluding carboxylic acids is 2. The van der Waals surface area contributed by atoms with Crippen LogP contribution in [-0.2, 0) is 22.6 Å². The van der Waals surface area contributed by atoms with Crippen molar-refractivity contribution >= 4 is 28.8 Å². The molecule has 2 saturated heterocycles. The first-order valence-electron chi connectivity index (χ1n) is 11.4. The highest BCUT2D eigenvalue weighted by atomic mass is 32.1. The van der Waals surface area contributed by atoms with Crippen LogP contribution < -0.4 is 5.32 Å². The number of para-hydroxylation sites is 1. The Morgan fingerprint density at radius 2 is 1.84 bits per heavy atom. The number of aryl methyl sites for hydroxylation is 1. The third-order valence-corrected chi connectivity index (χ3v) is 7.22. The van der Waals surface area contributed by atoms with Gasteiger partial charge in [0, 0.05) is 36.6 Å². The lowest BCUT2D eigenvalue weighted by Gasteiger charge is -2.35. The van der Waals surface area contributed by atoms with Crippen LogP contribution in [0.5, 0.6) is 0 Å². The first-order valence-corrected chi connectivity index (χ1v) is 12.3. The predicted molar refractivity (Wildman–Crippen MR) is 124 cm³/mol. The number of piperidine rings is 2. The second kappa shape index (κ2) is 10.4. The molecule has 1 aromatic heterocycles. The molecule has 3 heterocycles. The lowest BCUT2D eigenvalue weighted by molar-refractivity contribution is -0.138. The van der Waals surface area contributed by atoms with E-state index in [0.717, 1.165) is 80.4 Å². The van der Waals surface area contributed by atoms with E-state index >= 15 is 0 Å². The van der Waals surface area contributed by atoms with Crippen molar-refractivity contribution < 1.29 is 9.59 Å². The maximum atomic E-state index is 12.7. The highest BCUT2D eigenvalue weighted by Gasteiger charge is 2.29. The first-order chi connectivity index (χ1) is 15.1. The second-order valence-electron chi connectivity index (χ2n) is 8.71. The van der Waals surface area contributed by atoms with Crippen molar-refractivity contribution in [2.75, 3.05) is 31.5 Å². The molecular weight excluding hydrogens is 408 g/mol. The van der Waals surface area contributed by atoms with E-state index in [1.54, 1.807) is 11.3 Å².